The second-order valence-corrected chi connectivity index (χ2v) is 7.50. The second-order valence-electron chi connectivity index (χ2n) is 6.47. The van der Waals surface area contributed by atoms with Crippen molar-refractivity contribution in [2.45, 2.75) is 32.4 Å². The fraction of sp³-hybridized carbons (Fsp3) is 0.895. The van der Waals surface area contributed by atoms with Crippen LogP contribution in [0.4, 0.5) is 4.79 Å². The summed E-state index contributed by atoms with van der Waals surface area (Å²) in [5.41, 5.74) is 10.2. The molecule has 1 saturated heterocycles. The smallest absolute Gasteiger partial charge is 0.313 e. The van der Waals surface area contributed by atoms with E-state index in [1.54, 1.807) is 11.8 Å². The number of amides is 3. The van der Waals surface area contributed by atoms with Gasteiger partial charge in [0.25, 0.3) is 0 Å². The Balaban J connectivity index is 0.000000823. The topological polar surface area (TPSA) is 159 Å². The van der Waals surface area contributed by atoms with Crippen LogP contribution in [-0.4, -0.2) is 95.7 Å². The summed E-state index contributed by atoms with van der Waals surface area (Å²) in [5, 5.41) is 8.40. The van der Waals surface area contributed by atoms with Gasteiger partial charge in [-0.15, -0.1) is 11.8 Å². The van der Waals surface area contributed by atoms with Gasteiger partial charge in [0.1, 0.15) is 0 Å². The van der Waals surface area contributed by atoms with E-state index in [-0.39, 0.29) is 12.1 Å². The Hall–Kier alpha value is -1.15. The summed E-state index contributed by atoms with van der Waals surface area (Å²) in [6.07, 6.45) is 2.64. The SMILES string of the molecule is CCCCC(=O)NCCOCCOCCOCCOCCN.NC(=O)NC1CSCN1. The summed E-state index contributed by atoms with van der Waals surface area (Å²) in [6, 6.07) is -0.463. The van der Waals surface area contributed by atoms with E-state index in [9.17, 15) is 9.59 Å². The van der Waals surface area contributed by atoms with Crippen molar-refractivity contribution in [1.82, 2.24) is 16.0 Å². The molecule has 1 heterocycles. The molecule has 11 nitrogen and oxygen atoms in total. The van der Waals surface area contributed by atoms with Crippen LogP contribution in [0.2, 0.25) is 0 Å². The van der Waals surface area contributed by atoms with E-state index < -0.39 is 6.03 Å². The molecule has 0 radical (unpaired) electrons. The number of carbonyl (C=O) groups is 2. The molecule has 0 spiro atoms. The number of nitrogens with two attached hydrogens (primary N) is 2. The molecule has 0 bridgehead atoms. The number of hydrogen-bond acceptors (Lipinski definition) is 9. The van der Waals surface area contributed by atoms with Crippen LogP contribution in [-0.2, 0) is 23.7 Å². The highest BCUT2D eigenvalue weighted by Crippen LogP contribution is 2.06. The Morgan fingerprint density at radius 1 is 1.00 bits per heavy atom. The lowest BCUT2D eigenvalue weighted by Crippen LogP contribution is -2.45. The van der Waals surface area contributed by atoms with Crippen LogP contribution < -0.4 is 27.4 Å². The summed E-state index contributed by atoms with van der Waals surface area (Å²) in [5.74, 6) is 1.89. The van der Waals surface area contributed by atoms with E-state index in [2.05, 4.69) is 22.9 Å². The van der Waals surface area contributed by atoms with Crippen molar-refractivity contribution < 1.29 is 28.5 Å². The number of hydrogen-bond donors (Lipinski definition) is 5. The van der Waals surface area contributed by atoms with Crippen molar-refractivity contribution in [1.29, 1.82) is 0 Å². The number of thioether (sulfide) groups is 1. The van der Waals surface area contributed by atoms with Crippen molar-refractivity contribution in [3.8, 4) is 0 Å². The summed E-state index contributed by atoms with van der Waals surface area (Å²) < 4.78 is 21.2. The maximum atomic E-state index is 11.3. The quantitative estimate of drug-likeness (QED) is 0.169. The molecule has 1 aliphatic rings. The summed E-state index contributed by atoms with van der Waals surface area (Å²) in [6.45, 7) is 7.46. The molecule has 1 atom stereocenters. The molecule has 1 rings (SSSR count). The minimum atomic E-state index is -0.463. The monoisotopic (exact) mass is 467 g/mol. The van der Waals surface area contributed by atoms with Gasteiger partial charge >= 0.3 is 6.03 Å². The van der Waals surface area contributed by atoms with E-state index in [0.717, 1.165) is 24.5 Å². The van der Waals surface area contributed by atoms with Crippen molar-refractivity contribution in [3.05, 3.63) is 0 Å². The maximum Gasteiger partial charge on any atom is 0.313 e. The zero-order valence-corrected chi connectivity index (χ0v) is 19.5. The molecule has 0 aromatic heterocycles. The molecule has 0 aliphatic carbocycles. The third-order valence-electron chi connectivity index (χ3n) is 3.74. The fourth-order valence-electron chi connectivity index (χ4n) is 2.19. The van der Waals surface area contributed by atoms with Gasteiger partial charge in [-0.3, -0.25) is 10.1 Å². The maximum absolute atomic E-state index is 11.3. The molecule has 0 saturated carbocycles. The Morgan fingerprint density at radius 2 is 1.58 bits per heavy atom. The normalized spacial score (nSPS) is 15.2. The first kappa shape index (κ1) is 29.9. The largest absolute Gasteiger partial charge is 0.378 e. The highest BCUT2D eigenvalue weighted by atomic mass is 32.2. The van der Waals surface area contributed by atoms with Gasteiger partial charge in [-0.1, -0.05) is 13.3 Å². The average Bonchev–Trinajstić information content (AvgIpc) is 3.25. The van der Waals surface area contributed by atoms with Crippen LogP contribution in [0.5, 0.6) is 0 Å². The van der Waals surface area contributed by atoms with Crippen molar-refractivity contribution >= 4 is 23.7 Å². The summed E-state index contributed by atoms with van der Waals surface area (Å²) >= 11 is 1.74. The third kappa shape index (κ3) is 23.3. The minimum Gasteiger partial charge on any atom is -0.378 e. The molecular weight excluding hydrogens is 426 g/mol. The first-order valence-electron chi connectivity index (χ1n) is 10.7. The lowest BCUT2D eigenvalue weighted by molar-refractivity contribution is -0.121. The van der Waals surface area contributed by atoms with E-state index in [1.165, 1.54) is 0 Å². The number of rotatable bonds is 18. The number of unbranched alkanes of at least 4 members (excludes halogenated alkanes) is 1. The lowest BCUT2D eigenvalue weighted by atomic mass is 10.2. The fourth-order valence-corrected chi connectivity index (χ4v) is 3.07. The van der Waals surface area contributed by atoms with Crippen LogP contribution in [0.25, 0.3) is 0 Å². The van der Waals surface area contributed by atoms with Gasteiger partial charge in [0.15, 0.2) is 0 Å². The molecule has 12 heteroatoms. The van der Waals surface area contributed by atoms with Crippen LogP contribution in [0.3, 0.4) is 0 Å². The Bertz CT molecular complexity index is 431. The van der Waals surface area contributed by atoms with Crippen LogP contribution in [0.15, 0.2) is 0 Å². The van der Waals surface area contributed by atoms with Gasteiger partial charge in [0, 0.05) is 31.1 Å². The molecule has 0 aromatic rings. The molecular formula is C19H41N5O6S. The van der Waals surface area contributed by atoms with Gasteiger partial charge in [-0.2, -0.15) is 0 Å². The molecule has 184 valence electrons. The predicted molar refractivity (Wildman–Crippen MR) is 122 cm³/mol. The minimum absolute atomic E-state index is 0.0764. The van der Waals surface area contributed by atoms with Crippen LogP contribution in [0.1, 0.15) is 26.2 Å². The molecule has 7 N–H and O–H groups in total. The van der Waals surface area contributed by atoms with E-state index in [4.69, 9.17) is 30.4 Å². The number of primary amides is 1. The number of carbonyl (C=O) groups excluding carboxylic acids is 2. The van der Waals surface area contributed by atoms with Gasteiger partial charge in [0.2, 0.25) is 5.91 Å². The van der Waals surface area contributed by atoms with Crippen molar-refractivity contribution in [2.24, 2.45) is 11.5 Å². The van der Waals surface area contributed by atoms with Gasteiger partial charge in [0.05, 0.1) is 59.0 Å². The average molecular weight is 468 g/mol. The van der Waals surface area contributed by atoms with E-state index in [1.807, 2.05) is 0 Å². The number of nitrogens with one attached hydrogen (secondary N) is 3. The van der Waals surface area contributed by atoms with Crippen molar-refractivity contribution in [3.63, 3.8) is 0 Å². The van der Waals surface area contributed by atoms with Crippen LogP contribution >= 0.6 is 11.8 Å². The molecule has 3 amide bonds. The molecule has 1 aliphatic heterocycles. The lowest BCUT2D eigenvalue weighted by Gasteiger charge is -2.08. The predicted octanol–water partition coefficient (Wildman–Crippen LogP) is -0.407. The van der Waals surface area contributed by atoms with Gasteiger partial charge in [-0.25, -0.2) is 4.79 Å². The number of ether oxygens (including phenoxy) is 4. The van der Waals surface area contributed by atoms with E-state index >= 15 is 0 Å². The Kier molecular flexibility index (Phi) is 22.6. The molecule has 31 heavy (non-hydrogen) atoms. The molecule has 0 aromatic carbocycles. The second kappa shape index (κ2) is 23.5. The third-order valence-corrected chi connectivity index (χ3v) is 4.68. The van der Waals surface area contributed by atoms with Gasteiger partial charge < -0.3 is 41.0 Å². The standard InChI is InChI=1S/C15H32N2O5.C4H9N3OS/c1-2-3-4-15(18)17-6-8-20-10-12-22-14-13-21-11-9-19-7-5-16;5-4(8)7-3-1-9-2-6-3/h2-14,16H2,1H3,(H,17,18);3,6H,1-2H2,(H3,5,7,8). The zero-order valence-electron chi connectivity index (χ0n) is 18.7. The highest BCUT2D eigenvalue weighted by molar-refractivity contribution is 7.99. The zero-order chi connectivity index (χ0) is 23.0. The van der Waals surface area contributed by atoms with Gasteiger partial charge in [-0.05, 0) is 6.42 Å². The van der Waals surface area contributed by atoms with E-state index in [0.29, 0.717) is 72.4 Å². The highest BCUT2D eigenvalue weighted by Gasteiger charge is 2.14. The Labute approximate surface area is 190 Å². The summed E-state index contributed by atoms with van der Waals surface area (Å²) in [7, 11) is 0. The first-order chi connectivity index (χ1) is 15.1. The molecule has 1 unspecified atom stereocenters. The Morgan fingerprint density at radius 3 is 2.06 bits per heavy atom. The summed E-state index contributed by atoms with van der Waals surface area (Å²) in [4.78, 5) is 21.5. The number of urea groups is 1. The van der Waals surface area contributed by atoms with Crippen LogP contribution in [0, 0.1) is 0 Å². The molecule has 1 fully saturated rings. The first-order valence-corrected chi connectivity index (χ1v) is 11.9. The van der Waals surface area contributed by atoms with Crippen molar-refractivity contribution in [2.75, 3.05) is 77.6 Å².